The minimum Gasteiger partial charge on any atom is -0.385 e. The van der Waals surface area contributed by atoms with Crippen molar-refractivity contribution in [3.8, 4) is 0 Å². The SMILES string of the molecule is COCCCCC(=O)NC1CNCC(C(C)C)C1. The Bertz CT molecular complexity index is 244. The van der Waals surface area contributed by atoms with Crippen LogP contribution in [-0.4, -0.2) is 38.8 Å². The highest BCUT2D eigenvalue weighted by atomic mass is 16.5. The molecule has 0 spiro atoms. The molecule has 2 atom stereocenters. The Morgan fingerprint density at radius 3 is 2.83 bits per heavy atom. The molecule has 0 aromatic rings. The number of nitrogens with one attached hydrogen (secondary N) is 2. The molecule has 0 aromatic carbocycles. The largest absolute Gasteiger partial charge is 0.385 e. The van der Waals surface area contributed by atoms with Crippen molar-refractivity contribution in [2.75, 3.05) is 26.8 Å². The van der Waals surface area contributed by atoms with Gasteiger partial charge in [0.05, 0.1) is 0 Å². The predicted octanol–water partition coefficient (Wildman–Crippen LogP) is 1.55. The fraction of sp³-hybridized carbons (Fsp3) is 0.929. The zero-order valence-electron chi connectivity index (χ0n) is 12.0. The van der Waals surface area contributed by atoms with Crippen LogP contribution in [0, 0.1) is 11.8 Å². The fourth-order valence-electron chi connectivity index (χ4n) is 2.42. The highest BCUT2D eigenvalue weighted by molar-refractivity contribution is 5.76. The number of amides is 1. The lowest BCUT2D eigenvalue weighted by Crippen LogP contribution is -2.49. The van der Waals surface area contributed by atoms with Gasteiger partial charge in [0, 0.05) is 32.7 Å². The Balaban J connectivity index is 2.18. The molecular weight excluding hydrogens is 228 g/mol. The second-order valence-corrected chi connectivity index (χ2v) is 5.61. The molecule has 1 rings (SSSR count). The van der Waals surface area contributed by atoms with Crippen molar-refractivity contribution >= 4 is 5.91 Å². The molecule has 0 saturated carbocycles. The molecule has 0 aliphatic carbocycles. The molecule has 0 bridgehead atoms. The highest BCUT2D eigenvalue weighted by Crippen LogP contribution is 2.19. The van der Waals surface area contributed by atoms with Gasteiger partial charge in [0.2, 0.25) is 5.91 Å². The maximum atomic E-state index is 11.8. The average Bonchev–Trinajstić information content (AvgIpc) is 2.35. The molecule has 1 heterocycles. The van der Waals surface area contributed by atoms with Crippen LogP contribution in [0.25, 0.3) is 0 Å². The Morgan fingerprint density at radius 2 is 2.17 bits per heavy atom. The summed E-state index contributed by atoms with van der Waals surface area (Å²) in [6.07, 6.45) is 3.59. The van der Waals surface area contributed by atoms with E-state index >= 15 is 0 Å². The quantitative estimate of drug-likeness (QED) is 0.680. The summed E-state index contributed by atoms with van der Waals surface area (Å²) in [5.74, 6) is 1.54. The van der Waals surface area contributed by atoms with E-state index in [4.69, 9.17) is 4.74 Å². The van der Waals surface area contributed by atoms with Crippen molar-refractivity contribution in [3.05, 3.63) is 0 Å². The number of piperidine rings is 1. The minimum absolute atomic E-state index is 0.183. The van der Waals surface area contributed by atoms with Crippen LogP contribution < -0.4 is 10.6 Å². The Labute approximate surface area is 111 Å². The summed E-state index contributed by atoms with van der Waals surface area (Å²) in [5.41, 5.74) is 0. The smallest absolute Gasteiger partial charge is 0.220 e. The first-order valence-corrected chi connectivity index (χ1v) is 7.12. The molecule has 1 amide bonds. The summed E-state index contributed by atoms with van der Waals surface area (Å²) in [4.78, 5) is 11.8. The van der Waals surface area contributed by atoms with Crippen LogP contribution in [0.4, 0.5) is 0 Å². The van der Waals surface area contributed by atoms with Crippen molar-refractivity contribution in [2.45, 2.75) is 45.6 Å². The van der Waals surface area contributed by atoms with Crippen molar-refractivity contribution < 1.29 is 9.53 Å². The van der Waals surface area contributed by atoms with Crippen LogP contribution in [0.3, 0.4) is 0 Å². The Hall–Kier alpha value is -0.610. The molecule has 2 unspecified atom stereocenters. The van der Waals surface area contributed by atoms with Gasteiger partial charge >= 0.3 is 0 Å². The molecule has 18 heavy (non-hydrogen) atoms. The van der Waals surface area contributed by atoms with Crippen LogP contribution >= 0.6 is 0 Å². The molecule has 1 fully saturated rings. The maximum absolute atomic E-state index is 11.8. The number of carbonyl (C=O) groups is 1. The van der Waals surface area contributed by atoms with Gasteiger partial charge in [-0.25, -0.2) is 0 Å². The zero-order valence-corrected chi connectivity index (χ0v) is 12.0. The number of ether oxygens (including phenoxy) is 1. The highest BCUT2D eigenvalue weighted by Gasteiger charge is 2.24. The van der Waals surface area contributed by atoms with E-state index in [0.717, 1.165) is 39.0 Å². The van der Waals surface area contributed by atoms with Crippen molar-refractivity contribution in [1.29, 1.82) is 0 Å². The summed E-state index contributed by atoms with van der Waals surface area (Å²) in [5, 5.41) is 6.55. The molecule has 0 aromatic heterocycles. The third kappa shape index (κ3) is 5.83. The average molecular weight is 256 g/mol. The third-order valence-corrected chi connectivity index (χ3v) is 3.69. The van der Waals surface area contributed by atoms with E-state index < -0.39 is 0 Å². The van der Waals surface area contributed by atoms with Crippen molar-refractivity contribution in [2.24, 2.45) is 11.8 Å². The summed E-state index contributed by atoms with van der Waals surface area (Å²) in [7, 11) is 1.69. The molecule has 1 aliphatic rings. The summed E-state index contributed by atoms with van der Waals surface area (Å²) in [6.45, 7) is 7.24. The molecular formula is C14H28N2O2. The van der Waals surface area contributed by atoms with Gasteiger partial charge in [0.1, 0.15) is 0 Å². The lowest BCUT2D eigenvalue weighted by molar-refractivity contribution is -0.122. The first kappa shape index (κ1) is 15.4. The van der Waals surface area contributed by atoms with E-state index in [9.17, 15) is 4.79 Å². The number of hydrogen-bond donors (Lipinski definition) is 2. The van der Waals surface area contributed by atoms with Gasteiger partial charge in [-0.15, -0.1) is 0 Å². The first-order valence-electron chi connectivity index (χ1n) is 7.12. The molecule has 1 saturated heterocycles. The van der Waals surface area contributed by atoms with Crippen LogP contribution in [-0.2, 0) is 9.53 Å². The van der Waals surface area contributed by atoms with Gasteiger partial charge in [-0.2, -0.15) is 0 Å². The number of carbonyl (C=O) groups excluding carboxylic acids is 1. The van der Waals surface area contributed by atoms with Crippen LogP contribution in [0.15, 0.2) is 0 Å². The standard InChI is InChI=1S/C14H28N2O2/c1-11(2)12-8-13(10-15-9-12)16-14(17)6-4-5-7-18-3/h11-13,15H,4-10H2,1-3H3,(H,16,17). The second kappa shape index (κ2) is 8.48. The normalized spacial score (nSPS) is 24.2. The van der Waals surface area contributed by atoms with Crippen LogP contribution in [0.2, 0.25) is 0 Å². The zero-order chi connectivity index (χ0) is 13.4. The van der Waals surface area contributed by atoms with E-state index in [1.54, 1.807) is 7.11 Å². The Kier molecular flexibility index (Phi) is 7.28. The molecule has 4 heteroatoms. The van der Waals surface area contributed by atoms with E-state index in [2.05, 4.69) is 24.5 Å². The second-order valence-electron chi connectivity index (χ2n) is 5.61. The topological polar surface area (TPSA) is 50.4 Å². The molecule has 2 N–H and O–H groups in total. The van der Waals surface area contributed by atoms with Gasteiger partial charge in [-0.1, -0.05) is 13.8 Å². The molecule has 1 aliphatic heterocycles. The van der Waals surface area contributed by atoms with Crippen LogP contribution in [0.1, 0.15) is 39.5 Å². The van der Waals surface area contributed by atoms with Gasteiger partial charge in [0.15, 0.2) is 0 Å². The minimum atomic E-state index is 0.183. The van der Waals surface area contributed by atoms with E-state index in [-0.39, 0.29) is 5.91 Å². The summed E-state index contributed by atoms with van der Waals surface area (Å²) >= 11 is 0. The Morgan fingerprint density at radius 1 is 1.39 bits per heavy atom. The van der Waals surface area contributed by atoms with E-state index in [1.807, 2.05) is 0 Å². The molecule has 0 radical (unpaired) electrons. The number of rotatable bonds is 7. The number of methoxy groups -OCH3 is 1. The third-order valence-electron chi connectivity index (χ3n) is 3.69. The van der Waals surface area contributed by atoms with Crippen molar-refractivity contribution in [3.63, 3.8) is 0 Å². The lowest BCUT2D eigenvalue weighted by Gasteiger charge is -2.32. The first-order chi connectivity index (χ1) is 8.63. The lowest BCUT2D eigenvalue weighted by atomic mass is 9.86. The summed E-state index contributed by atoms with van der Waals surface area (Å²) in [6, 6.07) is 0.307. The predicted molar refractivity (Wildman–Crippen MR) is 73.5 cm³/mol. The number of unbranched alkanes of at least 4 members (excludes halogenated alkanes) is 1. The molecule has 106 valence electrons. The summed E-state index contributed by atoms with van der Waals surface area (Å²) < 4.78 is 4.97. The van der Waals surface area contributed by atoms with Crippen LogP contribution in [0.5, 0.6) is 0 Å². The van der Waals surface area contributed by atoms with Gasteiger partial charge in [0.25, 0.3) is 0 Å². The van der Waals surface area contributed by atoms with Crippen molar-refractivity contribution in [1.82, 2.24) is 10.6 Å². The monoisotopic (exact) mass is 256 g/mol. The fourth-order valence-corrected chi connectivity index (χ4v) is 2.42. The van der Waals surface area contributed by atoms with E-state index in [1.165, 1.54) is 0 Å². The number of hydrogen-bond acceptors (Lipinski definition) is 3. The van der Waals surface area contributed by atoms with Gasteiger partial charge in [-0.3, -0.25) is 4.79 Å². The maximum Gasteiger partial charge on any atom is 0.220 e. The van der Waals surface area contributed by atoms with E-state index in [0.29, 0.717) is 24.3 Å². The molecule has 4 nitrogen and oxygen atoms in total. The van der Waals surface area contributed by atoms with Gasteiger partial charge < -0.3 is 15.4 Å². The van der Waals surface area contributed by atoms with Gasteiger partial charge in [-0.05, 0) is 37.6 Å².